The van der Waals surface area contributed by atoms with Crippen LogP contribution in [0, 0.1) is 5.41 Å². The maximum atomic E-state index is 11.4. The number of rotatable bonds is 8. The summed E-state index contributed by atoms with van der Waals surface area (Å²) in [5.74, 6) is -0.254. The number of pyridine rings is 2. The van der Waals surface area contributed by atoms with Crippen molar-refractivity contribution in [1.82, 2.24) is 9.38 Å². The van der Waals surface area contributed by atoms with Crippen molar-refractivity contribution < 1.29 is 14.3 Å². The average Bonchev–Trinajstić information content (AvgIpc) is 3.03. The number of aromatic nitrogens is 2. The Bertz CT molecular complexity index is 1090. The zero-order chi connectivity index (χ0) is 22.8. The van der Waals surface area contributed by atoms with Gasteiger partial charge in [0, 0.05) is 53.1 Å². The van der Waals surface area contributed by atoms with E-state index in [9.17, 15) is 4.79 Å². The largest absolute Gasteiger partial charge is 0.465 e. The van der Waals surface area contributed by atoms with Crippen LogP contribution < -0.4 is 0 Å². The summed E-state index contributed by atoms with van der Waals surface area (Å²) in [4.78, 5) is 16.1. The van der Waals surface area contributed by atoms with E-state index in [1.807, 2.05) is 19.2 Å². The summed E-state index contributed by atoms with van der Waals surface area (Å²) in [5.41, 5.74) is 6.59. The van der Waals surface area contributed by atoms with E-state index in [0.29, 0.717) is 6.61 Å². The van der Waals surface area contributed by atoms with Gasteiger partial charge in [-0.3, -0.25) is 9.78 Å². The van der Waals surface area contributed by atoms with Gasteiger partial charge >= 0.3 is 5.97 Å². The van der Waals surface area contributed by atoms with Crippen molar-refractivity contribution in [2.75, 3.05) is 13.7 Å². The van der Waals surface area contributed by atoms with Gasteiger partial charge < -0.3 is 13.9 Å². The van der Waals surface area contributed by atoms with Gasteiger partial charge in [-0.25, -0.2) is 0 Å². The van der Waals surface area contributed by atoms with Crippen LogP contribution in [0.3, 0.4) is 0 Å². The maximum Gasteiger partial charge on any atom is 0.302 e. The number of carbonyl (C=O) groups excluding carboxylic acids is 1. The minimum atomic E-state index is -0.254. The molecule has 6 heteroatoms. The molecule has 0 saturated heterocycles. The fourth-order valence-corrected chi connectivity index (χ4v) is 4.44. The second-order valence-corrected chi connectivity index (χ2v) is 9.61. The molecule has 0 bridgehead atoms. The van der Waals surface area contributed by atoms with Crippen molar-refractivity contribution in [2.45, 2.75) is 53.6 Å². The van der Waals surface area contributed by atoms with E-state index in [-0.39, 0.29) is 17.5 Å². The van der Waals surface area contributed by atoms with Crippen LogP contribution in [0.4, 0.5) is 0 Å². The number of hydrogen-bond donors (Lipinski definition) is 0. The minimum Gasteiger partial charge on any atom is -0.465 e. The zero-order valence-electron chi connectivity index (χ0n) is 19.2. The van der Waals surface area contributed by atoms with Crippen molar-refractivity contribution in [3.8, 4) is 11.1 Å². The van der Waals surface area contributed by atoms with Gasteiger partial charge in [-0.15, -0.1) is 0 Å². The van der Waals surface area contributed by atoms with Crippen molar-refractivity contribution in [1.29, 1.82) is 0 Å². The first-order valence-corrected chi connectivity index (χ1v) is 11.4. The predicted molar refractivity (Wildman–Crippen MR) is 127 cm³/mol. The molecule has 0 spiro atoms. The van der Waals surface area contributed by atoms with Crippen LogP contribution in [0.25, 0.3) is 16.6 Å². The Kier molecular flexibility index (Phi) is 7.22. The molecule has 0 aliphatic heterocycles. The maximum absolute atomic E-state index is 11.4. The lowest BCUT2D eigenvalue weighted by Gasteiger charge is -2.25. The highest BCUT2D eigenvalue weighted by Crippen LogP contribution is 2.40. The Balaban J connectivity index is 2.28. The van der Waals surface area contributed by atoms with Gasteiger partial charge in [-0.05, 0) is 43.5 Å². The molecular weight excluding hydrogens is 456 g/mol. The molecule has 3 rings (SSSR count). The Labute approximate surface area is 192 Å². The number of aryl methyl sites for hydroxylation is 1. The Morgan fingerprint density at radius 1 is 1.32 bits per heavy atom. The van der Waals surface area contributed by atoms with Crippen LogP contribution in [0.15, 0.2) is 41.1 Å². The van der Waals surface area contributed by atoms with Gasteiger partial charge in [0.2, 0.25) is 0 Å². The summed E-state index contributed by atoms with van der Waals surface area (Å²) in [5, 5.41) is 0. The standard InChI is InChI=1S/C25H31BrN2O3/c1-7-21-23(19-9-8-11-27-24(19)16(2)30-6)20(14-25(4,5)15-31-17(3)29)22-13-18(26)10-12-28(21)22/h8-13,16H,7,14-15H2,1-6H3/t16-/m0/s1. The first-order chi connectivity index (χ1) is 14.7. The molecular formula is C25H31BrN2O3. The van der Waals surface area contributed by atoms with Crippen molar-refractivity contribution in [3.63, 3.8) is 0 Å². The van der Waals surface area contributed by atoms with Crippen molar-refractivity contribution in [3.05, 3.63) is 58.1 Å². The molecule has 31 heavy (non-hydrogen) atoms. The van der Waals surface area contributed by atoms with E-state index in [0.717, 1.165) is 34.1 Å². The molecule has 0 fully saturated rings. The molecule has 1 atom stereocenters. The third-order valence-corrected chi connectivity index (χ3v) is 6.10. The van der Waals surface area contributed by atoms with Gasteiger partial charge in [0.1, 0.15) is 0 Å². The molecule has 166 valence electrons. The summed E-state index contributed by atoms with van der Waals surface area (Å²) in [7, 11) is 1.71. The average molecular weight is 487 g/mol. The topological polar surface area (TPSA) is 52.8 Å². The summed E-state index contributed by atoms with van der Waals surface area (Å²) in [6.45, 7) is 10.3. The second kappa shape index (κ2) is 9.53. The molecule has 0 aliphatic carbocycles. The number of fused-ring (bicyclic) bond motifs is 1. The normalized spacial score (nSPS) is 12.9. The fourth-order valence-electron chi connectivity index (χ4n) is 4.10. The fraction of sp³-hybridized carbons (Fsp3) is 0.440. The van der Waals surface area contributed by atoms with E-state index >= 15 is 0 Å². The monoisotopic (exact) mass is 486 g/mol. The molecule has 3 aromatic heterocycles. The van der Waals surface area contributed by atoms with Gasteiger partial charge in [-0.2, -0.15) is 0 Å². The molecule has 3 heterocycles. The molecule has 0 aliphatic rings. The lowest BCUT2D eigenvalue weighted by atomic mass is 9.83. The third kappa shape index (κ3) is 5.01. The molecule has 0 saturated carbocycles. The van der Waals surface area contributed by atoms with E-state index in [1.54, 1.807) is 7.11 Å². The Hall–Kier alpha value is -2.18. The predicted octanol–water partition coefficient (Wildman–Crippen LogP) is 6.17. The molecule has 0 N–H and O–H groups in total. The molecule has 0 radical (unpaired) electrons. The lowest BCUT2D eigenvalue weighted by molar-refractivity contribution is -0.143. The Morgan fingerprint density at radius 2 is 2.06 bits per heavy atom. The van der Waals surface area contributed by atoms with Crippen LogP contribution in [-0.4, -0.2) is 29.1 Å². The smallest absolute Gasteiger partial charge is 0.302 e. The summed E-state index contributed by atoms with van der Waals surface area (Å²) in [6.07, 6.45) is 5.43. The first kappa shape index (κ1) is 23.5. The van der Waals surface area contributed by atoms with E-state index in [2.05, 4.69) is 70.5 Å². The highest BCUT2D eigenvalue weighted by atomic mass is 79.9. The zero-order valence-corrected chi connectivity index (χ0v) is 20.7. The van der Waals surface area contributed by atoms with Gasteiger partial charge in [0.25, 0.3) is 0 Å². The van der Waals surface area contributed by atoms with Gasteiger partial charge in [0.05, 0.1) is 23.9 Å². The quantitative estimate of drug-likeness (QED) is 0.357. The highest BCUT2D eigenvalue weighted by molar-refractivity contribution is 9.10. The van der Waals surface area contributed by atoms with Crippen LogP contribution in [-0.2, 0) is 27.1 Å². The van der Waals surface area contributed by atoms with Crippen molar-refractivity contribution in [2.24, 2.45) is 5.41 Å². The number of carbonyl (C=O) groups is 1. The van der Waals surface area contributed by atoms with E-state index < -0.39 is 0 Å². The van der Waals surface area contributed by atoms with Gasteiger partial charge in [0.15, 0.2) is 0 Å². The molecule has 0 aromatic carbocycles. The van der Waals surface area contributed by atoms with Crippen LogP contribution in [0.5, 0.6) is 0 Å². The number of halogens is 1. The number of hydrogen-bond acceptors (Lipinski definition) is 4. The van der Waals surface area contributed by atoms with Gasteiger partial charge in [-0.1, -0.05) is 42.8 Å². The van der Waals surface area contributed by atoms with Crippen LogP contribution >= 0.6 is 15.9 Å². The summed E-state index contributed by atoms with van der Waals surface area (Å²) < 4.78 is 14.3. The number of ether oxygens (including phenoxy) is 2. The minimum absolute atomic E-state index is 0.127. The molecule has 0 unspecified atom stereocenters. The first-order valence-electron chi connectivity index (χ1n) is 10.6. The number of nitrogens with zero attached hydrogens (tertiary/aromatic N) is 2. The number of methoxy groups -OCH3 is 1. The Morgan fingerprint density at radius 3 is 2.71 bits per heavy atom. The van der Waals surface area contributed by atoms with Crippen LogP contribution in [0.2, 0.25) is 0 Å². The SMILES string of the molecule is CCc1c(-c2cccnc2[C@H](C)OC)c(CC(C)(C)COC(C)=O)c2cc(Br)ccn12. The van der Waals surface area contributed by atoms with E-state index in [1.165, 1.54) is 23.7 Å². The highest BCUT2D eigenvalue weighted by Gasteiger charge is 2.28. The second-order valence-electron chi connectivity index (χ2n) is 8.69. The van der Waals surface area contributed by atoms with Crippen LogP contribution in [0.1, 0.15) is 57.7 Å². The summed E-state index contributed by atoms with van der Waals surface area (Å²) in [6, 6.07) is 8.33. The lowest BCUT2D eigenvalue weighted by Crippen LogP contribution is -2.24. The molecule has 0 amide bonds. The number of esters is 1. The molecule has 3 aromatic rings. The summed E-state index contributed by atoms with van der Waals surface area (Å²) >= 11 is 3.64. The third-order valence-electron chi connectivity index (χ3n) is 5.61. The van der Waals surface area contributed by atoms with E-state index in [4.69, 9.17) is 9.47 Å². The molecule has 5 nitrogen and oxygen atoms in total. The van der Waals surface area contributed by atoms with Crippen molar-refractivity contribution >= 4 is 27.4 Å².